The Morgan fingerprint density at radius 2 is 1.38 bits per heavy atom. The van der Waals surface area contributed by atoms with Gasteiger partial charge < -0.3 is 14.2 Å². The Hall–Kier alpha value is -2.58. The van der Waals surface area contributed by atoms with Crippen molar-refractivity contribution in [3.8, 4) is 5.75 Å². The lowest BCUT2D eigenvalue weighted by Gasteiger charge is -2.37. The van der Waals surface area contributed by atoms with Crippen LogP contribution in [-0.2, 0) is 26.4 Å². The maximum absolute atomic E-state index is 14.8. The van der Waals surface area contributed by atoms with E-state index in [1.54, 1.807) is 0 Å². The summed E-state index contributed by atoms with van der Waals surface area (Å²) in [5.74, 6) is -7.09. The second-order valence-electron chi connectivity index (χ2n) is 10.5. The molecule has 42 heavy (non-hydrogen) atoms. The van der Waals surface area contributed by atoms with Crippen molar-refractivity contribution < 1.29 is 62.9 Å². The van der Waals surface area contributed by atoms with Gasteiger partial charge in [0.1, 0.15) is 28.8 Å². The molecule has 1 heterocycles. The third-order valence-corrected chi connectivity index (χ3v) is 7.42. The van der Waals surface area contributed by atoms with Gasteiger partial charge in [0, 0.05) is 24.0 Å². The number of ether oxygens (including phenoxy) is 4. The molecule has 0 aromatic heterocycles. The van der Waals surface area contributed by atoms with Crippen LogP contribution in [-0.4, -0.2) is 25.9 Å². The molecule has 0 bridgehead atoms. The van der Waals surface area contributed by atoms with Crippen LogP contribution in [0.4, 0.5) is 43.9 Å². The normalized spacial score (nSPS) is 24.1. The van der Waals surface area contributed by atoms with Gasteiger partial charge >= 0.3 is 18.6 Å². The quantitative estimate of drug-likeness (QED) is 0.263. The zero-order valence-corrected chi connectivity index (χ0v) is 22.3. The molecule has 2 aromatic carbocycles. The van der Waals surface area contributed by atoms with Crippen molar-refractivity contribution in [2.75, 3.05) is 13.2 Å². The molecule has 0 atom stereocenters. The highest BCUT2D eigenvalue weighted by molar-refractivity contribution is 5.34. The van der Waals surface area contributed by atoms with Crippen molar-refractivity contribution in [1.29, 1.82) is 0 Å². The minimum atomic E-state index is -5.97. The van der Waals surface area contributed by atoms with Gasteiger partial charge in [-0.25, -0.2) is 17.9 Å². The molecule has 0 radical (unpaired) electrons. The molecule has 0 spiro atoms. The van der Waals surface area contributed by atoms with Crippen molar-refractivity contribution in [2.45, 2.75) is 76.2 Å². The van der Waals surface area contributed by atoms with E-state index in [1.807, 2.05) is 0 Å². The van der Waals surface area contributed by atoms with Crippen LogP contribution in [0, 0.1) is 29.3 Å². The Balaban J connectivity index is 1.40. The first kappa shape index (κ1) is 32.3. The van der Waals surface area contributed by atoms with E-state index in [9.17, 15) is 43.9 Å². The van der Waals surface area contributed by atoms with Crippen LogP contribution in [0.3, 0.4) is 0 Å². The third kappa shape index (κ3) is 7.67. The van der Waals surface area contributed by atoms with Gasteiger partial charge in [-0.2, -0.15) is 17.6 Å². The van der Waals surface area contributed by atoms with Gasteiger partial charge in [-0.1, -0.05) is 19.4 Å². The summed E-state index contributed by atoms with van der Waals surface area (Å²) in [7, 11) is 0. The number of benzene rings is 2. The first-order chi connectivity index (χ1) is 19.6. The fourth-order valence-electron chi connectivity index (χ4n) is 5.44. The zero-order valence-electron chi connectivity index (χ0n) is 22.3. The topological polar surface area (TPSA) is 36.9 Å². The molecule has 1 aliphatic heterocycles. The first-order valence-electron chi connectivity index (χ1n) is 13.3. The lowest BCUT2D eigenvalue weighted by atomic mass is 9.78. The Bertz CT molecular complexity index is 1200. The summed E-state index contributed by atoms with van der Waals surface area (Å²) in [4.78, 5) is 0. The number of rotatable bonds is 9. The SMILES string of the molecule is CCCC1COC(C2CCC(c3ccc(C(F)(F)Oc4cc(F)c(C(F)(F)OC(F)(F)F)c(F)c4)c(F)c3)CC2)OC1. The molecule has 1 saturated heterocycles. The highest BCUT2D eigenvalue weighted by Gasteiger charge is 2.50. The van der Waals surface area contributed by atoms with Gasteiger partial charge in [0.25, 0.3) is 0 Å². The summed E-state index contributed by atoms with van der Waals surface area (Å²) in [5, 5.41) is 0. The largest absolute Gasteiger partial charge is 0.527 e. The molecule has 2 fully saturated rings. The van der Waals surface area contributed by atoms with E-state index in [2.05, 4.69) is 16.4 Å². The van der Waals surface area contributed by atoms with Crippen molar-refractivity contribution in [3.05, 3.63) is 64.5 Å². The number of hydrogen-bond acceptors (Lipinski definition) is 4. The zero-order chi connectivity index (χ0) is 30.9. The van der Waals surface area contributed by atoms with Gasteiger partial charge in [0.2, 0.25) is 0 Å². The fraction of sp³-hybridized carbons (Fsp3) is 0.571. The molecule has 1 saturated carbocycles. The molecule has 0 amide bonds. The third-order valence-electron chi connectivity index (χ3n) is 7.42. The van der Waals surface area contributed by atoms with Crippen LogP contribution < -0.4 is 4.74 Å². The molecule has 234 valence electrons. The molecule has 4 rings (SSSR count). The van der Waals surface area contributed by atoms with Gasteiger partial charge in [-0.3, -0.25) is 0 Å². The van der Waals surface area contributed by atoms with Gasteiger partial charge in [-0.15, -0.1) is 13.2 Å². The number of halogens is 10. The van der Waals surface area contributed by atoms with E-state index < -0.39 is 52.9 Å². The van der Waals surface area contributed by atoms with Crippen LogP contribution in [0.5, 0.6) is 5.75 Å². The average Bonchev–Trinajstić information content (AvgIpc) is 2.87. The Kier molecular flexibility index (Phi) is 9.68. The lowest BCUT2D eigenvalue weighted by Crippen LogP contribution is -2.38. The van der Waals surface area contributed by atoms with Gasteiger partial charge in [0.15, 0.2) is 6.29 Å². The van der Waals surface area contributed by atoms with Crippen LogP contribution in [0.1, 0.15) is 68.1 Å². The maximum Gasteiger partial charge on any atom is 0.527 e. The fourth-order valence-corrected chi connectivity index (χ4v) is 5.44. The summed E-state index contributed by atoms with van der Waals surface area (Å²) in [6.07, 6.45) is -11.6. The van der Waals surface area contributed by atoms with E-state index in [-0.39, 0.29) is 30.3 Å². The minimum absolute atomic E-state index is 0.132. The van der Waals surface area contributed by atoms with Crippen LogP contribution >= 0.6 is 0 Å². The summed E-state index contributed by atoms with van der Waals surface area (Å²) in [6.45, 7) is 3.35. The standard InChI is InChI=1S/C28H28F10O4/c1-2-3-15-13-39-25(40-14-15)17-6-4-16(5-7-17)18-8-9-20(21(29)10-18)26(32,33)41-19-11-22(30)24(23(31)12-19)27(34,35)42-28(36,37)38/h8-12,15-17,25H,2-7,13-14H2,1H3. The van der Waals surface area contributed by atoms with E-state index in [0.29, 0.717) is 37.5 Å². The van der Waals surface area contributed by atoms with E-state index in [1.165, 1.54) is 6.07 Å². The molecular formula is C28H28F10O4. The van der Waals surface area contributed by atoms with E-state index in [0.717, 1.165) is 37.8 Å². The van der Waals surface area contributed by atoms with Crippen molar-refractivity contribution >= 4 is 0 Å². The molecule has 0 N–H and O–H groups in total. The average molecular weight is 619 g/mol. The lowest BCUT2D eigenvalue weighted by molar-refractivity contribution is -0.432. The predicted octanol–water partition coefficient (Wildman–Crippen LogP) is 8.88. The summed E-state index contributed by atoms with van der Waals surface area (Å²) >= 11 is 0. The highest BCUT2D eigenvalue weighted by atomic mass is 19.4. The van der Waals surface area contributed by atoms with Crippen molar-refractivity contribution in [1.82, 2.24) is 0 Å². The van der Waals surface area contributed by atoms with Crippen molar-refractivity contribution in [2.24, 2.45) is 11.8 Å². The molecule has 14 heteroatoms. The molecular weight excluding hydrogens is 590 g/mol. The Morgan fingerprint density at radius 1 is 0.786 bits per heavy atom. The minimum Gasteiger partial charge on any atom is -0.429 e. The second kappa shape index (κ2) is 12.6. The monoisotopic (exact) mass is 618 g/mol. The number of alkyl halides is 7. The predicted molar refractivity (Wildman–Crippen MR) is 127 cm³/mol. The molecule has 2 aromatic rings. The summed E-state index contributed by atoms with van der Waals surface area (Å²) < 4.78 is 155. The number of hydrogen-bond donors (Lipinski definition) is 0. The summed E-state index contributed by atoms with van der Waals surface area (Å²) in [6, 6.07) is 2.54. The molecule has 2 aliphatic rings. The van der Waals surface area contributed by atoms with Crippen LogP contribution in [0.15, 0.2) is 30.3 Å². The van der Waals surface area contributed by atoms with Gasteiger partial charge in [0.05, 0.1) is 18.8 Å². The maximum atomic E-state index is 14.8. The summed E-state index contributed by atoms with van der Waals surface area (Å²) in [5.41, 5.74) is -3.32. The molecule has 4 nitrogen and oxygen atoms in total. The molecule has 0 unspecified atom stereocenters. The first-order valence-corrected chi connectivity index (χ1v) is 13.3. The van der Waals surface area contributed by atoms with E-state index >= 15 is 0 Å². The van der Waals surface area contributed by atoms with Gasteiger partial charge in [-0.05, 0) is 55.7 Å². The van der Waals surface area contributed by atoms with Crippen LogP contribution in [0.25, 0.3) is 0 Å². The Labute approximate surface area is 234 Å². The van der Waals surface area contributed by atoms with Crippen LogP contribution in [0.2, 0.25) is 0 Å². The Morgan fingerprint density at radius 3 is 1.90 bits per heavy atom. The second-order valence-corrected chi connectivity index (χ2v) is 10.5. The van der Waals surface area contributed by atoms with Crippen molar-refractivity contribution in [3.63, 3.8) is 0 Å². The molecule has 1 aliphatic carbocycles. The smallest absolute Gasteiger partial charge is 0.429 e. The highest BCUT2D eigenvalue weighted by Crippen LogP contribution is 2.43. The van der Waals surface area contributed by atoms with E-state index in [4.69, 9.17) is 9.47 Å².